The molecule has 0 spiro atoms. The van der Waals surface area contributed by atoms with Crippen LogP contribution in [0.1, 0.15) is 10.4 Å². The van der Waals surface area contributed by atoms with E-state index in [1.807, 2.05) is 0 Å². The molecule has 11 heteroatoms. The van der Waals surface area contributed by atoms with Crippen LogP contribution in [0.2, 0.25) is 0 Å². The van der Waals surface area contributed by atoms with Gasteiger partial charge in [-0.15, -0.1) is 0 Å². The monoisotopic (exact) mass is 448 g/mol. The number of carbonyl (C=O) groups is 1. The lowest BCUT2D eigenvalue weighted by Crippen LogP contribution is -2.55. The van der Waals surface area contributed by atoms with Gasteiger partial charge in [-0.1, -0.05) is 0 Å². The van der Waals surface area contributed by atoms with E-state index in [4.69, 9.17) is 4.74 Å². The highest BCUT2D eigenvalue weighted by molar-refractivity contribution is 7.92. The van der Waals surface area contributed by atoms with E-state index >= 15 is 0 Å². The number of nitroso groups, excluding NO2 is 1. The lowest BCUT2D eigenvalue weighted by Gasteiger charge is -2.12. The van der Waals surface area contributed by atoms with Crippen molar-refractivity contribution in [2.24, 2.45) is 0 Å². The molecular formula is C20H16F2N3O5S+. The Morgan fingerprint density at radius 3 is 2.29 bits per heavy atom. The van der Waals surface area contributed by atoms with Crippen LogP contribution in [0.25, 0.3) is 0 Å². The van der Waals surface area contributed by atoms with Crippen LogP contribution < -0.4 is 20.0 Å². The van der Waals surface area contributed by atoms with E-state index < -0.39 is 27.6 Å². The first-order chi connectivity index (χ1) is 14.7. The average molecular weight is 448 g/mol. The molecule has 0 fully saturated rings. The molecule has 3 aromatic rings. The maximum Gasteiger partial charge on any atom is 0.262 e. The Hall–Kier alpha value is -3.86. The molecule has 0 aliphatic carbocycles. The highest BCUT2D eigenvalue weighted by atomic mass is 32.2. The van der Waals surface area contributed by atoms with Crippen LogP contribution >= 0.6 is 0 Å². The molecule has 31 heavy (non-hydrogen) atoms. The lowest BCUT2D eigenvalue weighted by molar-refractivity contribution is -0.379. The summed E-state index contributed by atoms with van der Waals surface area (Å²) in [5, 5.41) is 3.94. The standard InChI is InChI=1S/C20H15F2N3O5S/c1-30-19-9-5-14(24-27)11-18(19)25-31(28,29)15-6-2-12(3-7-15)20(26)23-17-8-4-13(21)10-16(17)22/h2-11,25H,1H3,(H,23,26)/p+1. The number of nitrogens with one attached hydrogen (secondary N) is 3. The second kappa shape index (κ2) is 8.88. The number of hydrogen-bond acceptors (Lipinski definition) is 5. The van der Waals surface area contributed by atoms with Crippen molar-refractivity contribution in [3.05, 3.63) is 82.8 Å². The summed E-state index contributed by atoms with van der Waals surface area (Å²) in [6, 6.07) is 11.6. The largest absolute Gasteiger partial charge is 0.495 e. The number of amides is 1. The number of ether oxygens (including phenoxy) is 1. The van der Waals surface area contributed by atoms with Crippen LogP contribution in [0.4, 0.5) is 25.8 Å². The third-order valence-corrected chi connectivity index (χ3v) is 5.55. The van der Waals surface area contributed by atoms with E-state index in [-0.39, 0.29) is 33.3 Å². The fourth-order valence-corrected chi connectivity index (χ4v) is 3.69. The lowest BCUT2D eigenvalue weighted by atomic mass is 10.2. The Kier molecular flexibility index (Phi) is 6.25. The van der Waals surface area contributed by atoms with E-state index in [2.05, 4.69) is 10.0 Å². The number of hydrogen-bond donors (Lipinski definition) is 3. The SMILES string of the molecule is COc1ccc([NH+]=O)cc1NS(=O)(=O)c1ccc(C(=O)Nc2ccc(F)cc2F)cc1. The maximum absolute atomic E-state index is 13.7. The van der Waals surface area contributed by atoms with E-state index in [1.54, 1.807) is 5.18 Å². The zero-order chi connectivity index (χ0) is 22.6. The van der Waals surface area contributed by atoms with Crippen LogP contribution in [0, 0.1) is 16.5 Å². The first-order valence-corrected chi connectivity index (χ1v) is 10.2. The molecule has 8 nitrogen and oxygen atoms in total. The molecule has 3 aromatic carbocycles. The number of halogens is 2. The molecule has 0 aliphatic heterocycles. The summed E-state index contributed by atoms with van der Waals surface area (Å²) in [5.41, 5.74) is -0.00275. The molecule has 0 saturated carbocycles. The minimum absolute atomic E-state index is 0.0388. The molecule has 0 radical (unpaired) electrons. The Morgan fingerprint density at radius 2 is 1.68 bits per heavy atom. The van der Waals surface area contributed by atoms with Crippen molar-refractivity contribution in [1.29, 1.82) is 0 Å². The normalized spacial score (nSPS) is 10.9. The van der Waals surface area contributed by atoms with Gasteiger partial charge in [0.1, 0.15) is 17.4 Å². The van der Waals surface area contributed by atoms with Crippen molar-refractivity contribution in [2.75, 3.05) is 17.1 Å². The van der Waals surface area contributed by atoms with Gasteiger partial charge in [0.25, 0.3) is 21.6 Å². The molecule has 0 heterocycles. The predicted octanol–water partition coefficient (Wildman–Crippen LogP) is 2.50. The van der Waals surface area contributed by atoms with Gasteiger partial charge in [-0.3, -0.25) is 9.52 Å². The summed E-state index contributed by atoms with van der Waals surface area (Å²) in [5.74, 6) is -2.25. The molecule has 0 bridgehead atoms. The van der Waals surface area contributed by atoms with E-state index in [9.17, 15) is 26.9 Å². The Balaban J connectivity index is 1.80. The summed E-state index contributed by atoms with van der Waals surface area (Å²) < 4.78 is 59.4. The minimum atomic E-state index is -4.08. The fraction of sp³-hybridized carbons (Fsp3) is 0.0500. The van der Waals surface area contributed by atoms with E-state index in [1.165, 1.54) is 49.6 Å². The number of anilines is 2. The third-order valence-electron chi connectivity index (χ3n) is 4.17. The second-order valence-corrected chi connectivity index (χ2v) is 7.91. The van der Waals surface area contributed by atoms with Gasteiger partial charge in [0.05, 0.1) is 23.4 Å². The number of methoxy groups -OCH3 is 1. The first-order valence-electron chi connectivity index (χ1n) is 8.69. The van der Waals surface area contributed by atoms with Crippen molar-refractivity contribution in [3.8, 4) is 5.75 Å². The van der Waals surface area contributed by atoms with E-state index in [0.29, 0.717) is 6.07 Å². The minimum Gasteiger partial charge on any atom is -0.495 e. The second-order valence-electron chi connectivity index (χ2n) is 6.23. The molecule has 3 N–H and O–H groups in total. The van der Waals surface area contributed by atoms with E-state index in [0.717, 1.165) is 12.1 Å². The summed E-state index contributed by atoms with van der Waals surface area (Å²) in [6.45, 7) is 0. The zero-order valence-electron chi connectivity index (χ0n) is 16.0. The number of benzene rings is 3. The molecule has 0 atom stereocenters. The number of carbonyl (C=O) groups excluding carboxylic acids is 1. The third kappa shape index (κ3) is 5.01. The molecule has 3 rings (SSSR count). The zero-order valence-corrected chi connectivity index (χ0v) is 16.8. The van der Waals surface area contributed by atoms with Crippen LogP contribution in [0.5, 0.6) is 5.75 Å². The molecule has 0 unspecified atom stereocenters. The molecule has 0 aromatic heterocycles. The van der Waals surface area contributed by atoms with Gasteiger partial charge in [0, 0.05) is 33.8 Å². The van der Waals surface area contributed by atoms with Crippen LogP contribution in [-0.2, 0) is 10.0 Å². The van der Waals surface area contributed by atoms with Crippen molar-refractivity contribution in [3.63, 3.8) is 0 Å². The van der Waals surface area contributed by atoms with Gasteiger partial charge in [-0.2, -0.15) is 0 Å². The van der Waals surface area contributed by atoms with Crippen LogP contribution in [0.15, 0.2) is 65.6 Å². The summed E-state index contributed by atoms with van der Waals surface area (Å²) in [7, 11) is -2.73. The number of sulfonamides is 1. The molecule has 1 amide bonds. The van der Waals surface area contributed by atoms with Crippen molar-refractivity contribution in [1.82, 2.24) is 0 Å². The number of rotatable bonds is 7. The first kappa shape index (κ1) is 21.8. The van der Waals surface area contributed by atoms with Gasteiger partial charge in [-0.05, 0) is 42.5 Å². The topological polar surface area (TPSA) is 116 Å². The highest BCUT2D eigenvalue weighted by Gasteiger charge is 2.19. The fourth-order valence-electron chi connectivity index (χ4n) is 2.63. The molecule has 160 valence electrons. The van der Waals surface area contributed by atoms with Crippen molar-refractivity contribution >= 4 is 33.0 Å². The quantitative estimate of drug-likeness (QED) is 0.514. The maximum atomic E-state index is 13.7. The summed E-state index contributed by atoms with van der Waals surface area (Å²) in [6.07, 6.45) is 0. The molecule has 0 aliphatic rings. The van der Waals surface area contributed by atoms with Gasteiger partial charge in [0.15, 0.2) is 0 Å². The molecular weight excluding hydrogens is 432 g/mol. The Morgan fingerprint density at radius 1 is 0.968 bits per heavy atom. The van der Waals surface area contributed by atoms with Gasteiger partial charge in [-0.25, -0.2) is 17.2 Å². The van der Waals surface area contributed by atoms with Crippen LogP contribution in [-0.4, -0.2) is 21.4 Å². The Bertz CT molecular complexity index is 1250. The van der Waals surface area contributed by atoms with Crippen LogP contribution in [0.3, 0.4) is 0 Å². The Labute approximate surface area is 175 Å². The van der Waals surface area contributed by atoms with Gasteiger partial charge in [0.2, 0.25) is 0 Å². The van der Waals surface area contributed by atoms with Gasteiger partial charge < -0.3 is 10.1 Å². The van der Waals surface area contributed by atoms with Crippen molar-refractivity contribution in [2.45, 2.75) is 4.90 Å². The van der Waals surface area contributed by atoms with Crippen molar-refractivity contribution < 1.29 is 31.9 Å². The summed E-state index contributed by atoms with van der Waals surface area (Å²) in [4.78, 5) is 22.9. The molecule has 0 saturated heterocycles. The summed E-state index contributed by atoms with van der Waals surface area (Å²) >= 11 is 0. The smallest absolute Gasteiger partial charge is 0.262 e. The predicted molar refractivity (Wildman–Crippen MR) is 109 cm³/mol. The van der Waals surface area contributed by atoms with Gasteiger partial charge >= 0.3 is 0 Å². The average Bonchev–Trinajstić information content (AvgIpc) is 2.75. The highest BCUT2D eigenvalue weighted by Crippen LogP contribution is 2.28.